The Bertz CT molecular complexity index is 417. The van der Waals surface area contributed by atoms with Crippen LogP contribution in [0.4, 0.5) is 0 Å². The van der Waals surface area contributed by atoms with Crippen molar-refractivity contribution in [2.75, 3.05) is 33.5 Å². The van der Waals surface area contributed by atoms with Crippen molar-refractivity contribution in [3.8, 4) is 0 Å². The molecule has 0 saturated heterocycles. The number of hydrogen-bond donors (Lipinski definition) is 0. The molecule has 0 aromatic carbocycles. The molecule has 0 aliphatic carbocycles. The molecule has 0 radical (unpaired) electrons. The fourth-order valence-electron chi connectivity index (χ4n) is 2.48. The zero-order chi connectivity index (χ0) is 13.7. The van der Waals surface area contributed by atoms with Crippen molar-refractivity contribution in [3.05, 3.63) is 24.0 Å². The van der Waals surface area contributed by atoms with Gasteiger partial charge in [-0.05, 0) is 25.5 Å². The molecule has 2 heterocycles. The Morgan fingerprint density at radius 1 is 1.53 bits per heavy atom. The van der Waals surface area contributed by atoms with Crippen LogP contribution < -0.4 is 0 Å². The van der Waals surface area contributed by atoms with E-state index in [0.29, 0.717) is 25.8 Å². The molecule has 2 rings (SSSR count). The van der Waals surface area contributed by atoms with Crippen LogP contribution in [-0.4, -0.2) is 48.8 Å². The number of hydrogen-bond acceptors (Lipinski definition) is 3. The van der Waals surface area contributed by atoms with E-state index in [4.69, 9.17) is 9.47 Å². The van der Waals surface area contributed by atoms with Gasteiger partial charge < -0.3 is 18.9 Å². The summed E-state index contributed by atoms with van der Waals surface area (Å²) in [5.74, 6) is 0.0664. The van der Waals surface area contributed by atoms with Crippen LogP contribution in [0.5, 0.6) is 0 Å². The van der Waals surface area contributed by atoms with Crippen LogP contribution in [0.25, 0.3) is 0 Å². The molecule has 106 valence electrons. The highest BCUT2D eigenvalue weighted by Gasteiger charge is 2.26. The summed E-state index contributed by atoms with van der Waals surface area (Å²) in [6.07, 6.45) is 3.00. The fourth-order valence-corrected chi connectivity index (χ4v) is 2.48. The summed E-state index contributed by atoms with van der Waals surface area (Å²) in [5.41, 5.74) is 1.18. The summed E-state index contributed by atoms with van der Waals surface area (Å²) >= 11 is 0. The number of nitrogens with zero attached hydrogens (tertiary/aromatic N) is 2. The number of fused-ring (bicyclic) bond motifs is 1. The lowest BCUT2D eigenvalue weighted by Crippen LogP contribution is -2.42. The monoisotopic (exact) mass is 266 g/mol. The third kappa shape index (κ3) is 3.36. The van der Waals surface area contributed by atoms with Gasteiger partial charge in [0.15, 0.2) is 0 Å². The van der Waals surface area contributed by atoms with Gasteiger partial charge >= 0.3 is 0 Å². The van der Waals surface area contributed by atoms with Crippen LogP contribution in [-0.2, 0) is 20.8 Å². The lowest BCUT2D eigenvalue weighted by molar-refractivity contribution is -0.138. The van der Waals surface area contributed by atoms with Gasteiger partial charge in [-0.2, -0.15) is 0 Å². The van der Waals surface area contributed by atoms with Crippen molar-refractivity contribution in [2.45, 2.75) is 25.9 Å². The Kier molecular flexibility index (Phi) is 4.99. The second-order valence-corrected chi connectivity index (χ2v) is 4.75. The summed E-state index contributed by atoms with van der Waals surface area (Å²) < 4.78 is 12.6. The van der Waals surface area contributed by atoms with E-state index in [1.165, 1.54) is 5.69 Å². The normalized spacial score (nSPS) is 18.4. The Balaban J connectivity index is 2.04. The standard InChI is InChI=1S/C14H22N2O3/c1-3-19-11-14(17)15-9-12-5-4-7-16(12)13(10-15)6-8-18-2/h4-5,7,13H,3,6,8-11H2,1-2H3/t13-/m0/s1. The molecule has 0 spiro atoms. The molecule has 0 fully saturated rings. The Labute approximate surface area is 114 Å². The predicted octanol–water partition coefficient (Wildman–Crippen LogP) is 1.44. The van der Waals surface area contributed by atoms with Crippen LogP contribution >= 0.6 is 0 Å². The molecule has 5 heteroatoms. The first-order valence-corrected chi connectivity index (χ1v) is 6.76. The smallest absolute Gasteiger partial charge is 0.248 e. The van der Waals surface area contributed by atoms with Gasteiger partial charge in [0.05, 0.1) is 12.6 Å². The largest absolute Gasteiger partial charge is 0.385 e. The van der Waals surface area contributed by atoms with Crippen LogP contribution in [0.2, 0.25) is 0 Å². The first kappa shape index (κ1) is 14.1. The van der Waals surface area contributed by atoms with Gasteiger partial charge in [-0.25, -0.2) is 0 Å². The van der Waals surface area contributed by atoms with Crippen molar-refractivity contribution in [2.24, 2.45) is 0 Å². The molecule has 0 unspecified atom stereocenters. The van der Waals surface area contributed by atoms with Gasteiger partial charge in [0, 0.05) is 38.8 Å². The van der Waals surface area contributed by atoms with Crippen LogP contribution in [0.15, 0.2) is 18.3 Å². The van der Waals surface area contributed by atoms with E-state index >= 15 is 0 Å². The molecule has 1 aliphatic heterocycles. The van der Waals surface area contributed by atoms with Crippen LogP contribution in [0.3, 0.4) is 0 Å². The first-order chi connectivity index (χ1) is 9.26. The molecule has 1 amide bonds. The zero-order valence-corrected chi connectivity index (χ0v) is 11.7. The Morgan fingerprint density at radius 2 is 2.37 bits per heavy atom. The quantitative estimate of drug-likeness (QED) is 0.782. The van der Waals surface area contributed by atoms with Gasteiger partial charge in [0.1, 0.15) is 6.61 Å². The maximum Gasteiger partial charge on any atom is 0.248 e. The maximum atomic E-state index is 12.1. The summed E-state index contributed by atoms with van der Waals surface area (Å²) in [6.45, 7) is 4.75. The summed E-state index contributed by atoms with van der Waals surface area (Å²) in [5, 5.41) is 0. The number of methoxy groups -OCH3 is 1. The van der Waals surface area contributed by atoms with Crippen molar-refractivity contribution in [1.29, 1.82) is 0 Å². The van der Waals surface area contributed by atoms with Crippen molar-refractivity contribution in [3.63, 3.8) is 0 Å². The SMILES string of the molecule is CCOCC(=O)N1Cc2cccn2[C@@H](CCOC)C1. The molecule has 1 aliphatic rings. The Hall–Kier alpha value is -1.33. The molecule has 0 bridgehead atoms. The van der Waals surface area contributed by atoms with E-state index in [-0.39, 0.29) is 12.5 Å². The van der Waals surface area contributed by atoms with E-state index in [9.17, 15) is 4.79 Å². The van der Waals surface area contributed by atoms with Crippen molar-refractivity contribution in [1.82, 2.24) is 9.47 Å². The minimum Gasteiger partial charge on any atom is -0.385 e. The fraction of sp³-hybridized carbons (Fsp3) is 0.643. The molecule has 19 heavy (non-hydrogen) atoms. The highest BCUT2D eigenvalue weighted by Crippen LogP contribution is 2.24. The van der Waals surface area contributed by atoms with E-state index in [1.807, 2.05) is 17.9 Å². The number of rotatable bonds is 6. The van der Waals surface area contributed by atoms with E-state index < -0.39 is 0 Å². The highest BCUT2D eigenvalue weighted by atomic mass is 16.5. The van der Waals surface area contributed by atoms with Crippen molar-refractivity contribution < 1.29 is 14.3 Å². The van der Waals surface area contributed by atoms with E-state index in [2.05, 4.69) is 16.8 Å². The number of ether oxygens (including phenoxy) is 2. The van der Waals surface area contributed by atoms with Crippen LogP contribution in [0, 0.1) is 0 Å². The Morgan fingerprint density at radius 3 is 3.11 bits per heavy atom. The molecule has 1 atom stereocenters. The number of carbonyl (C=O) groups is 1. The lowest BCUT2D eigenvalue weighted by Gasteiger charge is -2.35. The molecular weight excluding hydrogens is 244 g/mol. The number of aromatic nitrogens is 1. The van der Waals surface area contributed by atoms with Gasteiger partial charge in [0.2, 0.25) is 5.91 Å². The van der Waals surface area contributed by atoms with Gasteiger partial charge in [-0.15, -0.1) is 0 Å². The zero-order valence-electron chi connectivity index (χ0n) is 11.7. The third-order valence-electron chi connectivity index (χ3n) is 3.48. The minimum atomic E-state index is 0.0664. The molecule has 1 aromatic rings. The summed E-state index contributed by atoms with van der Waals surface area (Å²) in [7, 11) is 1.71. The van der Waals surface area contributed by atoms with Gasteiger partial charge in [-0.3, -0.25) is 4.79 Å². The summed E-state index contributed by atoms with van der Waals surface area (Å²) in [4.78, 5) is 13.9. The van der Waals surface area contributed by atoms with E-state index in [0.717, 1.165) is 13.0 Å². The number of carbonyl (C=O) groups excluding carboxylic acids is 1. The molecule has 1 aromatic heterocycles. The lowest BCUT2D eigenvalue weighted by atomic mass is 10.1. The second-order valence-electron chi connectivity index (χ2n) is 4.75. The number of amides is 1. The first-order valence-electron chi connectivity index (χ1n) is 6.76. The summed E-state index contributed by atoms with van der Waals surface area (Å²) in [6, 6.07) is 4.40. The molecule has 0 N–H and O–H groups in total. The molecule has 5 nitrogen and oxygen atoms in total. The van der Waals surface area contributed by atoms with Crippen molar-refractivity contribution >= 4 is 5.91 Å². The van der Waals surface area contributed by atoms with Gasteiger partial charge in [0.25, 0.3) is 0 Å². The second kappa shape index (κ2) is 6.73. The third-order valence-corrected chi connectivity index (χ3v) is 3.48. The molecular formula is C14H22N2O3. The van der Waals surface area contributed by atoms with E-state index in [1.54, 1.807) is 7.11 Å². The average molecular weight is 266 g/mol. The molecule has 0 saturated carbocycles. The maximum absolute atomic E-state index is 12.1. The minimum absolute atomic E-state index is 0.0664. The van der Waals surface area contributed by atoms with Crippen LogP contribution in [0.1, 0.15) is 25.1 Å². The van der Waals surface area contributed by atoms with Gasteiger partial charge in [-0.1, -0.05) is 0 Å². The average Bonchev–Trinajstić information content (AvgIpc) is 2.90. The predicted molar refractivity (Wildman–Crippen MR) is 71.9 cm³/mol. The highest BCUT2D eigenvalue weighted by molar-refractivity contribution is 5.77. The topological polar surface area (TPSA) is 43.7 Å².